The fraction of sp³-hybridized carbons (Fsp3) is 0.111. The van der Waals surface area contributed by atoms with Crippen molar-refractivity contribution in [3.63, 3.8) is 0 Å². The summed E-state index contributed by atoms with van der Waals surface area (Å²) in [6.45, 7) is 0. The van der Waals surface area contributed by atoms with E-state index in [1.54, 1.807) is 30.3 Å². The summed E-state index contributed by atoms with van der Waals surface area (Å²) in [5.74, 6) is 0.0300. The van der Waals surface area contributed by atoms with Crippen molar-refractivity contribution in [1.29, 1.82) is 0 Å². The maximum absolute atomic E-state index is 12.6. The minimum Gasteiger partial charge on any atom is -0.493 e. The molecule has 1 fully saturated rings. The van der Waals surface area contributed by atoms with Crippen molar-refractivity contribution in [2.24, 2.45) is 0 Å². The van der Waals surface area contributed by atoms with Crippen LogP contribution in [0, 0.1) is 0 Å². The highest BCUT2D eigenvalue weighted by Crippen LogP contribution is 2.31. The van der Waals surface area contributed by atoms with E-state index in [-0.39, 0.29) is 10.6 Å². The molecule has 3 rings (SSSR count). The molecule has 0 unspecified atom stereocenters. The standard InChI is InChI=1S/C18H14Cl2N2O4/c1-25-15-6-3-10(8-16(15)26-2)7-12-17(23)21-22(18(12)24)11-4-5-13(19)14(20)9-11/h3-9H,1-2H3,(H,21,23)/b12-7+. The molecule has 2 amide bonds. The molecule has 1 aliphatic heterocycles. The van der Waals surface area contributed by atoms with Crippen molar-refractivity contribution in [2.45, 2.75) is 0 Å². The van der Waals surface area contributed by atoms with Gasteiger partial charge in [0.25, 0.3) is 11.8 Å². The summed E-state index contributed by atoms with van der Waals surface area (Å²) in [6, 6.07) is 9.73. The molecule has 0 aromatic heterocycles. The quantitative estimate of drug-likeness (QED) is 0.638. The van der Waals surface area contributed by atoms with Gasteiger partial charge >= 0.3 is 0 Å². The van der Waals surface area contributed by atoms with Gasteiger partial charge in [0.05, 0.1) is 30.0 Å². The Balaban J connectivity index is 1.94. The van der Waals surface area contributed by atoms with E-state index in [1.165, 1.54) is 26.4 Å². The normalized spacial score (nSPS) is 15.4. The highest BCUT2D eigenvalue weighted by molar-refractivity contribution is 6.42. The molecule has 0 saturated carbocycles. The molecular weight excluding hydrogens is 379 g/mol. The third kappa shape index (κ3) is 3.34. The maximum atomic E-state index is 12.6. The first kappa shape index (κ1) is 18.1. The largest absolute Gasteiger partial charge is 0.493 e. The number of nitrogens with one attached hydrogen (secondary N) is 1. The van der Waals surface area contributed by atoms with Crippen molar-refractivity contribution in [2.75, 3.05) is 19.2 Å². The van der Waals surface area contributed by atoms with E-state index in [0.717, 1.165) is 5.01 Å². The monoisotopic (exact) mass is 392 g/mol. The molecule has 1 heterocycles. The second-order valence-corrected chi connectivity index (χ2v) is 6.17. The molecule has 134 valence electrons. The zero-order valence-corrected chi connectivity index (χ0v) is 15.4. The molecule has 1 saturated heterocycles. The van der Waals surface area contributed by atoms with Gasteiger partial charge in [0.1, 0.15) is 5.57 Å². The lowest BCUT2D eigenvalue weighted by molar-refractivity contribution is -0.117. The third-order valence-corrected chi connectivity index (χ3v) is 4.51. The van der Waals surface area contributed by atoms with Crippen LogP contribution in [-0.4, -0.2) is 26.0 Å². The summed E-state index contributed by atoms with van der Waals surface area (Å²) < 4.78 is 10.4. The van der Waals surface area contributed by atoms with E-state index < -0.39 is 11.8 Å². The maximum Gasteiger partial charge on any atom is 0.282 e. The number of methoxy groups -OCH3 is 2. The molecule has 8 heteroatoms. The Hall–Kier alpha value is -2.70. The average Bonchev–Trinajstić information content (AvgIpc) is 2.92. The number of halogens is 2. The second kappa shape index (κ2) is 7.27. The molecule has 26 heavy (non-hydrogen) atoms. The molecule has 0 atom stereocenters. The number of hydrazine groups is 1. The van der Waals surface area contributed by atoms with E-state index in [0.29, 0.717) is 27.8 Å². The van der Waals surface area contributed by atoms with Gasteiger partial charge in [0.15, 0.2) is 11.5 Å². The summed E-state index contributed by atoms with van der Waals surface area (Å²) in [4.78, 5) is 24.9. The van der Waals surface area contributed by atoms with Gasteiger partial charge < -0.3 is 9.47 Å². The first-order valence-electron chi connectivity index (χ1n) is 7.49. The van der Waals surface area contributed by atoms with Crippen LogP contribution in [0.5, 0.6) is 11.5 Å². The lowest BCUT2D eigenvalue weighted by atomic mass is 10.1. The minimum atomic E-state index is -0.518. The summed E-state index contributed by atoms with van der Waals surface area (Å²) in [5, 5.41) is 1.76. The molecule has 0 bridgehead atoms. The van der Waals surface area contributed by atoms with Gasteiger partial charge in [-0.3, -0.25) is 15.0 Å². The lowest BCUT2D eigenvalue weighted by Crippen LogP contribution is -2.35. The van der Waals surface area contributed by atoms with Gasteiger partial charge in [0, 0.05) is 0 Å². The van der Waals surface area contributed by atoms with Crippen LogP contribution >= 0.6 is 23.2 Å². The highest BCUT2D eigenvalue weighted by Gasteiger charge is 2.34. The third-order valence-electron chi connectivity index (χ3n) is 3.77. The Labute approximate surface area is 159 Å². The van der Waals surface area contributed by atoms with E-state index in [1.807, 2.05) is 0 Å². The van der Waals surface area contributed by atoms with Crippen LogP contribution in [0.25, 0.3) is 6.08 Å². The Bertz CT molecular complexity index is 927. The summed E-state index contributed by atoms with van der Waals surface area (Å²) in [6.07, 6.45) is 1.48. The van der Waals surface area contributed by atoms with Gasteiger partial charge in [-0.2, -0.15) is 0 Å². The number of amides is 2. The first-order valence-corrected chi connectivity index (χ1v) is 8.24. The smallest absolute Gasteiger partial charge is 0.282 e. The minimum absolute atomic E-state index is 0.0108. The van der Waals surface area contributed by atoms with Crippen LogP contribution < -0.4 is 19.9 Å². The van der Waals surface area contributed by atoms with Crippen molar-refractivity contribution < 1.29 is 19.1 Å². The lowest BCUT2D eigenvalue weighted by Gasteiger charge is -2.15. The van der Waals surface area contributed by atoms with Crippen molar-refractivity contribution in [3.8, 4) is 11.5 Å². The van der Waals surface area contributed by atoms with Crippen molar-refractivity contribution in [1.82, 2.24) is 5.43 Å². The van der Waals surface area contributed by atoms with Gasteiger partial charge in [0.2, 0.25) is 0 Å². The molecule has 6 nitrogen and oxygen atoms in total. The highest BCUT2D eigenvalue weighted by atomic mass is 35.5. The number of rotatable bonds is 4. The fourth-order valence-corrected chi connectivity index (χ4v) is 2.76. The van der Waals surface area contributed by atoms with Crippen LogP contribution in [0.3, 0.4) is 0 Å². The molecule has 0 radical (unpaired) electrons. The number of hydrogen-bond acceptors (Lipinski definition) is 4. The van der Waals surface area contributed by atoms with Crippen LogP contribution in [0.15, 0.2) is 42.0 Å². The molecular formula is C18H14Cl2N2O4. The molecule has 0 spiro atoms. The molecule has 2 aromatic rings. The summed E-state index contributed by atoms with van der Waals surface area (Å²) in [7, 11) is 3.03. The van der Waals surface area contributed by atoms with Crippen molar-refractivity contribution >= 4 is 46.8 Å². The Morgan fingerprint density at radius 2 is 1.69 bits per heavy atom. The Morgan fingerprint density at radius 1 is 0.962 bits per heavy atom. The van der Waals surface area contributed by atoms with Crippen LogP contribution in [-0.2, 0) is 9.59 Å². The number of anilines is 1. The van der Waals surface area contributed by atoms with E-state index in [2.05, 4.69) is 5.43 Å². The first-order chi connectivity index (χ1) is 12.4. The predicted octanol–water partition coefficient (Wildman–Crippen LogP) is 3.47. The molecule has 1 N–H and O–H groups in total. The van der Waals surface area contributed by atoms with E-state index in [9.17, 15) is 9.59 Å². The Kier molecular flexibility index (Phi) is 5.06. The topological polar surface area (TPSA) is 67.9 Å². The fourth-order valence-electron chi connectivity index (χ4n) is 2.47. The molecule has 2 aromatic carbocycles. The number of ether oxygens (including phenoxy) is 2. The predicted molar refractivity (Wildman–Crippen MR) is 99.6 cm³/mol. The van der Waals surface area contributed by atoms with Gasteiger partial charge in [-0.15, -0.1) is 0 Å². The van der Waals surface area contributed by atoms with Gasteiger partial charge in [-0.25, -0.2) is 5.01 Å². The molecule has 1 aliphatic rings. The summed E-state index contributed by atoms with van der Waals surface area (Å²) in [5.41, 5.74) is 3.53. The van der Waals surface area contributed by atoms with Crippen molar-refractivity contribution in [3.05, 3.63) is 57.6 Å². The van der Waals surface area contributed by atoms with Gasteiger partial charge in [-0.1, -0.05) is 29.3 Å². The zero-order chi connectivity index (χ0) is 18.8. The zero-order valence-electron chi connectivity index (χ0n) is 13.9. The SMILES string of the molecule is COc1ccc(/C=C2\C(=O)NN(c3ccc(Cl)c(Cl)c3)C2=O)cc1OC. The van der Waals surface area contributed by atoms with Crippen LogP contribution in [0.1, 0.15) is 5.56 Å². The van der Waals surface area contributed by atoms with E-state index in [4.69, 9.17) is 32.7 Å². The number of hydrogen-bond donors (Lipinski definition) is 1. The molecule has 0 aliphatic carbocycles. The van der Waals surface area contributed by atoms with Crippen LogP contribution in [0.2, 0.25) is 10.0 Å². The average molecular weight is 393 g/mol. The number of carbonyl (C=O) groups excluding carboxylic acids is 2. The van der Waals surface area contributed by atoms with Crippen LogP contribution in [0.4, 0.5) is 5.69 Å². The van der Waals surface area contributed by atoms with E-state index >= 15 is 0 Å². The number of nitrogens with zero attached hydrogens (tertiary/aromatic N) is 1. The summed E-state index contributed by atoms with van der Waals surface area (Å²) >= 11 is 11.9. The number of carbonyl (C=O) groups is 2. The second-order valence-electron chi connectivity index (χ2n) is 5.35. The Morgan fingerprint density at radius 3 is 2.35 bits per heavy atom. The van der Waals surface area contributed by atoms with Gasteiger partial charge in [-0.05, 0) is 42.0 Å². The number of benzene rings is 2.